The number of aryl methyl sites for hydroxylation is 1. The molecule has 3 rings (SSSR count). The molecule has 0 radical (unpaired) electrons. The first-order valence-electron chi connectivity index (χ1n) is 7.62. The van der Waals surface area contributed by atoms with Gasteiger partial charge in [-0.15, -0.1) is 0 Å². The third-order valence-electron chi connectivity index (χ3n) is 4.07. The van der Waals surface area contributed by atoms with E-state index >= 15 is 0 Å². The van der Waals surface area contributed by atoms with Crippen molar-refractivity contribution >= 4 is 5.95 Å². The molecule has 1 aromatic carbocycles. The van der Waals surface area contributed by atoms with Gasteiger partial charge in [-0.3, -0.25) is 0 Å². The molecule has 0 amide bonds. The molecule has 0 aliphatic carbocycles. The van der Waals surface area contributed by atoms with Gasteiger partial charge in [0.1, 0.15) is 0 Å². The van der Waals surface area contributed by atoms with E-state index in [1.807, 2.05) is 0 Å². The van der Waals surface area contributed by atoms with E-state index in [0.717, 1.165) is 24.5 Å². The summed E-state index contributed by atoms with van der Waals surface area (Å²) in [4.78, 5) is 4.75. The first kappa shape index (κ1) is 13.2. The summed E-state index contributed by atoms with van der Waals surface area (Å²) in [6.07, 6.45) is 5.67. The third kappa shape index (κ3) is 2.45. The summed E-state index contributed by atoms with van der Waals surface area (Å²) < 4.78 is 2.26. The van der Waals surface area contributed by atoms with Gasteiger partial charge < -0.3 is 9.88 Å². The zero-order valence-corrected chi connectivity index (χ0v) is 12.6. The number of aromatic nitrogens is 2. The average molecular weight is 269 g/mol. The summed E-state index contributed by atoms with van der Waals surface area (Å²) in [6, 6.07) is 9.83. The van der Waals surface area contributed by atoms with Gasteiger partial charge in [0.2, 0.25) is 5.95 Å². The van der Waals surface area contributed by atoms with Gasteiger partial charge in [0.05, 0.1) is 5.69 Å². The quantitative estimate of drug-likeness (QED) is 0.902. The van der Waals surface area contributed by atoms with Crippen LogP contribution in [0.4, 0.5) is 5.95 Å². The molecule has 1 N–H and O–H groups in total. The van der Waals surface area contributed by atoms with Crippen LogP contribution in [0.2, 0.25) is 0 Å². The van der Waals surface area contributed by atoms with Gasteiger partial charge in [-0.1, -0.05) is 37.6 Å². The van der Waals surface area contributed by atoms with Crippen molar-refractivity contribution in [1.29, 1.82) is 0 Å². The lowest BCUT2D eigenvalue weighted by Crippen LogP contribution is -2.28. The lowest BCUT2D eigenvalue weighted by molar-refractivity contribution is 0.449. The number of rotatable bonds is 3. The number of nitrogens with zero attached hydrogens (tertiary/aromatic N) is 2. The van der Waals surface area contributed by atoms with E-state index in [4.69, 9.17) is 4.98 Å². The maximum Gasteiger partial charge on any atom is 0.203 e. The second kappa shape index (κ2) is 5.31. The van der Waals surface area contributed by atoms with Crippen LogP contribution in [0, 0.1) is 0 Å². The van der Waals surface area contributed by atoms with Crippen molar-refractivity contribution < 1.29 is 0 Å². The minimum absolute atomic E-state index is 0.500. The van der Waals surface area contributed by atoms with Gasteiger partial charge in [0.15, 0.2) is 0 Å². The molecule has 3 heteroatoms. The Bertz CT molecular complexity index is 583. The largest absolute Gasteiger partial charge is 0.353 e. The number of fused-ring (bicyclic) bond motifs is 1. The summed E-state index contributed by atoms with van der Waals surface area (Å²) in [5.41, 5.74) is 3.67. The van der Waals surface area contributed by atoms with Crippen molar-refractivity contribution in [2.75, 3.05) is 5.32 Å². The van der Waals surface area contributed by atoms with Crippen LogP contribution < -0.4 is 5.32 Å². The van der Waals surface area contributed by atoms with E-state index in [0.29, 0.717) is 12.1 Å². The molecule has 20 heavy (non-hydrogen) atoms. The molecular weight excluding hydrogens is 246 g/mol. The number of benzene rings is 1. The molecule has 2 aromatic rings. The lowest BCUT2D eigenvalue weighted by Gasteiger charge is -2.27. The molecule has 3 nitrogen and oxygen atoms in total. The van der Waals surface area contributed by atoms with Gasteiger partial charge in [-0.25, -0.2) is 4.98 Å². The van der Waals surface area contributed by atoms with Crippen molar-refractivity contribution in [2.45, 2.75) is 52.1 Å². The second-order valence-electron chi connectivity index (χ2n) is 5.93. The normalized spacial score (nSPS) is 21.4. The van der Waals surface area contributed by atoms with Crippen molar-refractivity contribution in [3.63, 3.8) is 0 Å². The third-order valence-corrected chi connectivity index (χ3v) is 4.07. The Labute approximate surface area is 121 Å². The summed E-state index contributed by atoms with van der Waals surface area (Å²) in [5.74, 6) is 1.00. The van der Waals surface area contributed by atoms with Crippen LogP contribution in [0.1, 0.15) is 45.2 Å². The summed E-state index contributed by atoms with van der Waals surface area (Å²) in [5, 5.41) is 3.46. The van der Waals surface area contributed by atoms with Crippen LogP contribution in [-0.4, -0.2) is 15.6 Å². The molecular formula is C17H23N3. The minimum atomic E-state index is 0.500. The number of hydrogen-bond donors (Lipinski definition) is 1. The van der Waals surface area contributed by atoms with Gasteiger partial charge in [-0.2, -0.15) is 0 Å². The zero-order chi connectivity index (χ0) is 14.1. The summed E-state index contributed by atoms with van der Waals surface area (Å²) in [7, 11) is 0. The van der Waals surface area contributed by atoms with E-state index in [1.54, 1.807) is 0 Å². The Balaban J connectivity index is 1.89. The first-order valence-corrected chi connectivity index (χ1v) is 7.62. The number of imidazole rings is 1. The maximum atomic E-state index is 4.75. The zero-order valence-electron chi connectivity index (χ0n) is 12.6. The average Bonchev–Trinajstić information content (AvgIpc) is 2.84. The molecule has 0 saturated heterocycles. The predicted molar refractivity (Wildman–Crippen MR) is 84.1 cm³/mol. The Morgan fingerprint density at radius 1 is 1.25 bits per heavy atom. The number of anilines is 1. The molecule has 0 bridgehead atoms. The molecule has 106 valence electrons. The Morgan fingerprint density at radius 3 is 2.70 bits per heavy atom. The highest BCUT2D eigenvalue weighted by Crippen LogP contribution is 2.30. The first-order chi connectivity index (χ1) is 9.67. The molecule has 1 aliphatic rings. The predicted octanol–water partition coefficient (Wildman–Crippen LogP) is 4.27. The van der Waals surface area contributed by atoms with Crippen LogP contribution in [0.15, 0.2) is 30.5 Å². The highest BCUT2D eigenvalue weighted by Gasteiger charge is 2.22. The molecule has 1 aliphatic heterocycles. The standard InChI is InChI=1S/C17H23N3/c1-4-5-14-6-8-15(9-7-14)16-11-20-13(3)10-12(2)18-17(20)19-16/h6-9,11-13H,4-5,10H2,1-3H3,(H,18,19). The second-order valence-corrected chi connectivity index (χ2v) is 5.93. The Kier molecular flexibility index (Phi) is 3.51. The van der Waals surface area contributed by atoms with Crippen molar-refractivity contribution in [2.24, 2.45) is 0 Å². The van der Waals surface area contributed by atoms with Crippen LogP contribution in [0.5, 0.6) is 0 Å². The van der Waals surface area contributed by atoms with E-state index in [9.17, 15) is 0 Å². The van der Waals surface area contributed by atoms with Gasteiger partial charge in [-0.05, 0) is 32.3 Å². The van der Waals surface area contributed by atoms with Gasteiger partial charge in [0.25, 0.3) is 0 Å². The fraction of sp³-hybridized carbons (Fsp3) is 0.471. The Morgan fingerprint density at radius 2 is 2.00 bits per heavy atom. The van der Waals surface area contributed by atoms with Crippen LogP contribution in [0.25, 0.3) is 11.3 Å². The molecule has 1 aromatic heterocycles. The van der Waals surface area contributed by atoms with Crippen molar-refractivity contribution in [1.82, 2.24) is 9.55 Å². The van der Waals surface area contributed by atoms with Crippen LogP contribution in [-0.2, 0) is 6.42 Å². The van der Waals surface area contributed by atoms with E-state index in [2.05, 4.69) is 61.1 Å². The molecule has 0 spiro atoms. The highest BCUT2D eigenvalue weighted by atomic mass is 15.2. The van der Waals surface area contributed by atoms with Crippen molar-refractivity contribution in [3.05, 3.63) is 36.0 Å². The van der Waals surface area contributed by atoms with E-state index < -0.39 is 0 Å². The topological polar surface area (TPSA) is 29.9 Å². The van der Waals surface area contributed by atoms with Gasteiger partial charge >= 0.3 is 0 Å². The number of hydrogen-bond acceptors (Lipinski definition) is 2. The van der Waals surface area contributed by atoms with E-state index in [-0.39, 0.29) is 0 Å². The Hall–Kier alpha value is -1.77. The fourth-order valence-electron chi connectivity index (χ4n) is 3.01. The highest BCUT2D eigenvalue weighted by molar-refractivity contribution is 5.61. The lowest BCUT2D eigenvalue weighted by atomic mass is 10.1. The molecule has 0 fully saturated rings. The monoisotopic (exact) mass is 269 g/mol. The summed E-state index contributed by atoms with van der Waals surface area (Å²) >= 11 is 0. The smallest absolute Gasteiger partial charge is 0.203 e. The minimum Gasteiger partial charge on any atom is -0.353 e. The molecule has 2 heterocycles. The van der Waals surface area contributed by atoms with Crippen LogP contribution >= 0.6 is 0 Å². The SMILES string of the molecule is CCCc1ccc(-c2cn3c(n2)NC(C)CC3C)cc1. The maximum absolute atomic E-state index is 4.75. The van der Waals surface area contributed by atoms with Crippen LogP contribution in [0.3, 0.4) is 0 Å². The van der Waals surface area contributed by atoms with E-state index in [1.165, 1.54) is 17.5 Å². The number of nitrogens with one attached hydrogen (secondary N) is 1. The van der Waals surface area contributed by atoms with Crippen molar-refractivity contribution in [3.8, 4) is 11.3 Å². The molecule has 2 unspecified atom stereocenters. The fourth-order valence-corrected chi connectivity index (χ4v) is 3.01. The molecule has 0 saturated carbocycles. The summed E-state index contributed by atoms with van der Waals surface area (Å²) in [6.45, 7) is 6.69. The molecule has 2 atom stereocenters. The van der Waals surface area contributed by atoms with Gasteiger partial charge in [0, 0.05) is 23.8 Å².